The van der Waals surface area contributed by atoms with Gasteiger partial charge in [-0.2, -0.15) is 0 Å². The van der Waals surface area contributed by atoms with E-state index >= 15 is 0 Å². The largest absolute Gasteiger partial charge is 0.444 e. The number of ether oxygens (including phenoxy) is 2. The van der Waals surface area contributed by atoms with E-state index in [-0.39, 0.29) is 17.4 Å². The zero-order chi connectivity index (χ0) is 18.2. The quantitative estimate of drug-likeness (QED) is 0.710. The summed E-state index contributed by atoms with van der Waals surface area (Å²) < 4.78 is 11.0. The topological polar surface area (TPSA) is 67.8 Å². The number of rotatable bonds is 1. The first-order valence-corrected chi connectivity index (χ1v) is 9.00. The van der Waals surface area contributed by atoms with Crippen LogP contribution in [0.2, 0.25) is 5.28 Å². The van der Waals surface area contributed by atoms with E-state index < -0.39 is 5.60 Å². The average molecular weight is 369 g/mol. The van der Waals surface area contributed by atoms with E-state index in [1.807, 2.05) is 20.8 Å². The maximum atomic E-state index is 12.4. The maximum Gasteiger partial charge on any atom is 0.410 e. The van der Waals surface area contributed by atoms with Crippen LogP contribution in [-0.2, 0) is 22.4 Å². The van der Waals surface area contributed by atoms with E-state index in [1.54, 1.807) is 4.90 Å². The Morgan fingerprint density at radius 3 is 2.76 bits per heavy atom. The molecule has 1 saturated heterocycles. The van der Waals surface area contributed by atoms with Crippen LogP contribution >= 0.6 is 11.6 Å². The van der Waals surface area contributed by atoms with E-state index in [0.29, 0.717) is 32.7 Å². The summed E-state index contributed by atoms with van der Waals surface area (Å²) in [6.07, 6.45) is 0.330. The minimum Gasteiger partial charge on any atom is -0.444 e. The highest BCUT2D eigenvalue weighted by Crippen LogP contribution is 2.30. The molecule has 1 amide bonds. The van der Waals surface area contributed by atoms with Gasteiger partial charge in [0.05, 0.1) is 31.5 Å². The van der Waals surface area contributed by atoms with Gasteiger partial charge in [0.1, 0.15) is 11.4 Å². The lowest BCUT2D eigenvalue weighted by atomic mass is 10.1. The number of hydrogen-bond donors (Lipinski definition) is 0. The Morgan fingerprint density at radius 1 is 1.32 bits per heavy atom. The summed E-state index contributed by atoms with van der Waals surface area (Å²) in [5.41, 5.74) is 1.35. The number of amides is 1. The highest BCUT2D eigenvalue weighted by Gasteiger charge is 2.31. The van der Waals surface area contributed by atoms with Crippen LogP contribution in [0.5, 0.6) is 0 Å². The lowest BCUT2D eigenvalue weighted by Gasteiger charge is -2.38. The minimum absolute atomic E-state index is 0.195. The van der Waals surface area contributed by atoms with E-state index in [4.69, 9.17) is 21.1 Å². The fourth-order valence-corrected chi connectivity index (χ4v) is 3.31. The van der Waals surface area contributed by atoms with Gasteiger partial charge in [0.2, 0.25) is 5.28 Å². The van der Waals surface area contributed by atoms with E-state index in [0.717, 1.165) is 23.6 Å². The van der Waals surface area contributed by atoms with Gasteiger partial charge in [-0.1, -0.05) is 0 Å². The molecule has 7 nitrogen and oxygen atoms in total. The van der Waals surface area contributed by atoms with Crippen molar-refractivity contribution in [3.05, 3.63) is 16.5 Å². The molecular formula is C17H25ClN4O3. The Labute approximate surface area is 153 Å². The van der Waals surface area contributed by atoms with Gasteiger partial charge in [-0.25, -0.2) is 14.8 Å². The monoisotopic (exact) mass is 368 g/mol. The zero-order valence-corrected chi connectivity index (χ0v) is 16.0. The molecule has 138 valence electrons. The maximum absolute atomic E-state index is 12.4. The van der Waals surface area contributed by atoms with E-state index in [2.05, 4.69) is 21.8 Å². The molecule has 2 aliphatic rings. The molecule has 0 bridgehead atoms. The number of aromatic nitrogens is 2. The molecule has 1 aromatic rings. The van der Waals surface area contributed by atoms with Gasteiger partial charge in [-0.3, -0.25) is 0 Å². The Bertz CT molecular complexity index is 662. The third-order valence-corrected chi connectivity index (χ3v) is 4.47. The van der Waals surface area contributed by atoms with Crippen molar-refractivity contribution in [1.29, 1.82) is 0 Å². The summed E-state index contributed by atoms with van der Waals surface area (Å²) in [4.78, 5) is 25.2. The molecule has 1 aromatic heterocycles. The van der Waals surface area contributed by atoms with Crippen LogP contribution in [0.4, 0.5) is 10.6 Å². The molecule has 1 unspecified atom stereocenters. The Kier molecular flexibility index (Phi) is 5.06. The van der Waals surface area contributed by atoms with Gasteiger partial charge < -0.3 is 19.3 Å². The molecule has 8 heteroatoms. The van der Waals surface area contributed by atoms with Crippen molar-refractivity contribution >= 4 is 23.5 Å². The van der Waals surface area contributed by atoms with Gasteiger partial charge in [-0.05, 0) is 39.3 Å². The molecule has 0 spiro atoms. The molecule has 0 N–H and O–H groups in total. The van der Waals surface area contributed by atoms with Gasteiger partial charge >= 0.3 is 6.09 Å². The van der Waals surface area contributed by atoms with Crippen LogP contribution in [0.1, 0.15) is 39.0 Å². The number of nitrogens with zero attached hydrogens (tertiary/aromatic N) is 4. The van der Waals surface area contributed by atoms with Crippen molar-refractivity contribution in [2.45, 2.75) is 52.3 Å². The molecule has 0 aromatic carbocycles. The highest BCUT2D eigenvalue weighted by molar-refractivity contribution is 6.28. The number of morpholine rings is 1. The molecular weight excluding hydrogens is 344 g/mol. The predicted octanol–water partition coefficient (Wildman–Crippen LogP) is 2.65. The molecule has 1 atom stereocenters. The molecule has 25 heavy (non-hydrogen) atoms. The van der Waals surface area contributed by atoms with Crippen molar-refractivity contribution in [1.82, 2.24) is 14.9 Å². The number of carbonyl (C=O) groups is 1. The molecule has 3 heterocycles. The average Bonchev–Trinajstić information content (AvgIpc) is 2.52. The van der Waals surface area contributed by atoms with E-state index in [1.165, 1.54) is 0 Å². The van der Waals surface area contributed by atoms with Crippen LogP contribution in [0, 0.1) is 0 Å². The SMILES string of the molecule is CC1COCCN1c1nc(Cl)nc2c1CN(C(=O)OC(C)(C)C)CC2. The molecule has 0 aliphatic carbocycles. The fraction of sp³-hybridized carbons (Fsp3) is 0.706. The minimum atomic E-state index is -0.518. The number of halogens is 1. The smallest absolute Gasteiger partial charge is 0.410 e. The summed E-state index contributed by atoms with van der Waals surface area (Å²) in [5, 5.41) is 0.248. The van der Waals surface area contributed by atoms with Crippen molar-refractivity contribution in [2.24, 2.45) is 0 Å². The zero-order valence-electron chi connectivity index (χ0n) is 15.2. The Hall–Kier alpha value is -1.60. The van der Waals surface area contributed by atoms with Crippen LogP contribution in [-0.4, -0.2) is 58.9 Å². The third-order valence-electron chi connectivity index (χ3n) is 4.30. The van der Waals surface area contributed by atoms with Crippen molar-refractivity contribution < 1.29 is 14.3 Å². The second-order valence-electron chi connectivity index (χ2n) is 7.51. The van der Waals surface area contributed by atoms with Crippen molar-refractivity contribution in [3.63, 3.8) is 0 Å². The summed E-state index contributed by atoms with van der Waals surface area (Å²) in [7, 11) is 0. The number of anilines is 1. The number of carbonyl (C=O) groups excluding carboxylic acids is 1. The van der Waals surface area contributed by atoms with Crippen LogP contribution in [0.3, 0.4) is 0 Å². The standard InChI is InChI=1S/C17H25ClN4O3/c1-11-10-24-8-7-22(11)14-12-9-21(16(23)25-17(2,3)4)6-5-13(12)19-15(18)20-14/h11H,5-10H2,1-4H3. The second kappa shape index (κ2) is 6.96. The summed E-state index contributed by atoms with van der Waals surface area (Å²) >= 11 is 6.15. The van der Waals surface area contributed by atoms with Crippen molar-refractivity contribution in [2.75, 3.05) is 31.2 Å². The summed E-state index contributed by atoms with van der Waals surface area (Å²) in [5.74, 6) is 0.805. The number of fused-ring (bicyclic) bond motifs is 1. The lowest BCUT2D eigenvalue weighted by molar-refractivity contribution is 0.0222. The Morgan fingerprint density at radius 2 is 2.08 bits per heavy atom. The molecule has 0 saturated carbocycles. The van der Waals surface area contributed by atoms with Crippen LogP contribution in [0.15, 0.2) is 0 Å². The third kappa shape index (κ3) is 4.15. The second-order valence-corrected chi connectivity index (χ2v) is 7.85. The first kappa shape index (κ1) is 18.2. The fourth-order valence-electron chi connectivity index (χ4n) is 3.13. The van der Waals surface area contributed by atoms with Gasteiger partial charge in [0.15, 0.2) is 0 Å². The van der Waals surface area contributed by atoms with Gasteiger partial charge in [0.25, 0.3) is 0 Å². The van der Waals surface area contributed by atoms with Gasteiger partial charge in [0, 0.05) is 25.1 Å². The van der Waals surface area contributed by atoms with Gasteiger partial charge in [-0.15, -0.1) is 0 Å². The normalized spacial score (nSPS) is 21.1. The molecule has 3 rings (SSSR count). The predicted molar refractivity (Wildman–Crippen MR) is 95.0 cm³/mol. The highest BCUT2D eigenvalue weighted by atomic mass is 35.5. The molecule has 2 aliphatic heterocycles. The Balaban J connectivity index is 1.88. The number of hydrogen-bond acceptors (Lipinski definition) is 6. The first-order chi connectivity index (χ1) is 11.7. The summed E-state index contributed by atoms with van der Waals surface area (Å²) in [6, 6.07) is 0.195. The van der Waals surface area contributed by atoms with Crippen LogP contribution in [0.25, 0.3) is 0 Å². The summed E-state index contributed by atoms with van der Waals surface area (Å²) in [6.45, 7) is 10.7. The molecule has 0 radical (unpaired) electrons. The lowest BCUT2D eigenvalue weighted by Crippen LogP contribution is -2.46. The first-order valence-electron chi connectivity index (χ1n) is 8.62. The van der Waals surface area contributed by atoms with E-state index in [9.17, 15) is 4.79 Å². The molecule has 1 fully saturated rings. The van der Waals surface area contributed by atoms with Crippen molar-refractivity contribution in [3.8, 4) is 0 Å². The van der Waals surface area contributed by atoms with Crippen LogP contribution < -0.4 is 4.90 Å².